The number of ether oxygens (including phenoxy) is 2. The van der Waals surface area contributed by atoms with Gasteiger partial charge in [-0.25, -0.2) is 13.2 Å². The van der Waals surface area contributed by atoms with Crippen LogP contribution in [0, 0.1) is 24.4 Å². The van der Waals surface area contributed by atoms with Crippen LogP contribution in [0.3, 0.4) is 0 Å². The highest BCUT2D eigenvalue weighted by Crippen LogP contribution is 2.30. The van der Waals surface area contributed by atoms with E-state index in [1.54, 1.807) is 0 Å². The first-order chi connectivity index (χ1) is 7.04. The Morgan fingerprint density at radius 2 is 1.60 bits per heavy atom. The lowest BCUT2D eigenvalue weighted by Crippen LogP contribution is -2.06. The van der Waals surface area contributed by atoms with Crippen LogP contribution in [0.25, 0.3) is 0 Å². The highest BCUT2D eigenvalue weighted by molar-refractivity contribution is 5.40. The van der Waals surface area contributed by atoms with Gasteiger partial charge in [0.25, 0.3) is 0 Å². The largest absolute Gasteiger partial charge is 0.493 e. The summed E-state index contributed by atoms with van der Waals surface area (Å²) in [6, 6.07) is 0. The lowest BCUT2D eigenvalue weighted by molar-refractivity contribution is 0.175. The van der Waals surface area contributed by atoms with Gasteiger partial charge in [0.05, 0.1) is 19.3 Å². The zero-order valence-corrected chi connectivity index (χ0v) is 8.66. The van der Waals surface area contributed by atoms with Gasteiger partial charge in [-0.3, -0.25) is 0 Å². The van der Waals surface area contributed by atoms with E-state index in [4.69, 9.17) is 0 Å². The zero-order chi connectivity index (χ0) is 11.6. The maximum atomic E-state index is 13.5. The van der Waals surface area contributed by atoms with E-state index in [9.17, 15) is 13.2 Å². The molecule has 0 amide bonds. The van der Waals surface area contributed by atoms with Gasteiger partial charge in [0.1, 0.15) is 0 Å². The fourth-order valence-electron chi connectivity index (χ4n) is 1.31. The van der Waals surface area contributed by atoms with Gasteiger partial charge in [0, 0.05) is 12.7 Å². The topological polar surface area (TPSA) is 18.5 Å². The number of benzene rings is 1. The summed E-state index contributed by atoms with van der Waals surface area (Å²) >= 11 is 0. The minimum absolute atomic E-state index is 0.188. The second-order valence-electron chi connectivity index (χ2n) is 3.01. The molecule has 0 N–H and O–H groups in total. The molecule has 1 aromatic carbocycles. The molecule has 0 heterocycles. The molecule has 0 fully saturated rings. The van der Waals surface area contributed by atoms with E-state index in [1.165, 1.54) is 21.1 Å². The Balaban J connectivity index is 3.45. The standard InChI is InChI=1S/C10H11F3O2/c1-5-7(11)8(12)6(4-14-2)9(13)10(5)15-3/h4H2,1-3H3. The van der Waals surface area contributed by atoms with Crippen LogP contribution < -0.4 is 4.74 Å². The van der Waals surface area contributed by atoms with Crippen LogP contribution in [-0.2, 0) is 11.3 Å². The van der Waals surface area contributed by atoms with Crippen LogP contribution >= 0.6 is 0 Å². The monoisotopic (exact) mass is 220 g/mol. The first-order valence-electron chi connectivity index (χ1n) is 4.23. The molecule has 84 valence electrons. The predicted molar refractivity (Wildman–Crippen MR) is 48.3 cm³/mol. The summed E-state index contributed by atoms with van der Waals surface area (Å²) < 4.78 is 49.3. The van der Waals surface area contributed by atoms with Gasteiger partial charge in [-0.15, -0.1) is 0 Å². The Labute approximate surface area is 85.6 Å². The number of hydrogen-bond acceptors (Lipinski definition) is 2. The highest BCUT2D eigenvalue weighted by atomic mass is 19.2. The second-order valence-corrected chi connectivity index (χ2v) is 3.01. The molecule has 5 heteroatoms. The van der Waals surface area contributed by atoms with E-state index in [1.807, 2.05) is 0 Å². The molecule has 0 radical (unpaired) electrons. The number of hydrogen-bond donors (Lipinski definition) is 0. The Kier molecular flexibility index (Phi) is 3.57. The van der Waals surface area contributed by atoms with Gasteiger partial charge in [0.15, 0.2) is 23.2 Å². The average Bonchev–Trinajstić information content (AvgIpc) is 2.22. The molecule has 0 saturated heterocycles. The minimum atomic E-state index is -1.23. The molecule has 1 aromatic rings. The first kappa shape index (κ1) is 11.8. The number of halogens is 3. The summed E-state index contributed by atoms with van der Waals surface area (Å²) in [5, 5.41) is 0. The van der Waals surface area contributed by atoms with Crippen LogP contribution in [0.15, 0.2) is 0 Å². The van der Waals surface area contributed by atoms with Crippen LogP contribution in [0.1, 0.15) is 11.1 Å². The maximum Gasteiger partial charge on any atom is 0.173 e. The molecule has 0 spiro atoms. The van der Waals surface area contributed by atoms with Gasteiger partial charge in [-0.05, 0) is 6.92 Å². The number of methoxy groups -OCH3 is 2. The van der Waals surface area contributed by atoms with Gasteiger partial charge in [-0.2, -0.15) is 0 Å². The fraction of sp³-hybridized carbons (Fsp3) is 0.400. The van der Waals surface area contributed by atoms with Crippen molar-refractivity contribution in [2.24, 2.45) is 0 Å². The summed E-state index contributed by atoms with van der Waals surface area (Å²) in [5.41, 5.74) is -0.648. The van der Waals surface area contributed by atoms with E-state index in [-0.39, 0.29) is 17.9 Å². The molecular formula is C10H11F3O2. The van der Waals surface area contributed by atoms with E-state index in [0.29, 0.717) is 0 Å². The Morgan fingerprint density at radius 1 is 1.00 bits per heavy atom. The van der Waals surface area contributed by atoms with Crippen LogP contribution in [0.4, 0.5) is 13.2 Å². The summed E-state index contributed by atoms with van der Waals surface area (Å²) in [5.74, 6) is -3.55. The zero-order valence-electron chi connectivity index (χ0n) is 8.66. The molecule has 0 aliphatic rings. The van der Waals surface area contributed by atoms with Crippen molar-refractivity contribution in [1.29, 1.82) is 0 Å². The van der Waals surface area contributed by atoms with Crippen molar-refractivity contribution >= 4 is 0 Å². The van der Waals surface area contributed by atoms with Crippen molar-refractivity contribution in [2.45, 2.75) is 13.5 Å². The van der Waals surface area contributed by atoms with Crippen molar-refractivity contribution in [2.75, 3.05) is 14.2 Å². The van der Waals surface area contributed by atoms with Gasteiger partial charge in [0.2, 0.25) is 0 Å². The lowest BCUT2D eigenvalue weighted by Gasteiger charge is -2.12. The molecule has 0 aromatic heterocycles. The summed E-state index contributed by atoms with van der Waals surface area (Å²) in [6.45, 7) is 0.905. The van der Waals surface area contributed by atoms with Crippen molar-refractivity contribution in [3.63, 3.8) is 0 Å². The molecule has 1 rings (SSSR count). The second kappa shape index (κ2) is 4.53. The third-order valence-electron chi connectivity index (χ3n) is 2.08. The van der Waals surface area contributed by atoms with E-state index in [0.717, 1.165) is 0 Å². The van der Waals surface area contributed by atoms with Gasteiger partial charge >= 0.3 is 0 Å². The molecule has 0 unspecified atom stereocenters. The molecular weight excluding hydrogens is 209 g/mol. The van der Waals surface area contributed by atoms with Crippen LogP contribution in [-0.4, -0.2) is 14.2 Å². The summed E-state index contributed by atoms with van der Waals surface area (Å²) in [4.78, 5) is 0. The quantitative estimate of drug-likeness (QED) is 0.729. The van der Waals surface area contributed by atoms with E-state index >= 15 is 0 Å². The van der Waals surface area contributed by atoms with Crippen molar-refractivity contribution in [1.82, 2.24) is 0 Å². The fourth-order valence-corrected chi connectivity index (χ4v) is 1.31. The predicted octanol–water partition coefficient (Wildman–Crippen LogP) is 2.57. The summed E-state index contributed by atoms with van der Waals surface area (Å²) in [7, 11) is 2.46. The Morgan fingerprint density at radius 3 is 2.07 bits per heavy atom. The molecule has 0 atom stereocenters. The minimum Gasteiger partial charge on any atom is -0.493 e. The first-order valence-corrected chi connectivity index (χ1v) is 4.23. The molecule has 15 heavy (non-hydrogen) atoms. The van der Waals surface area contributed by atoms with Crippen LogP contribution in [0.5, 0.6) is 5.75 Å². The highest BCUT2D eigenvalue weighted by Gasteiger charge is 2.22. The maximum absolute atomic E-state index is 13.5. The van der Waals surface area contributed by atoms with E-state index < -0.39 is 23.0 Å². The van der Waals surface area contributed by atoms with Crippen molar-refractivity contribution < 1.29 is 22.6 Å². The van der Waals surface area contributed by atoms with Crippen molar-refractivity contribution in [3.05, 3.63) is 28.6 Å². The smallest absolute Gasteiger partial charge is 0.173 e. The van der Waals surface area contributed by atoms with Gasteiger partial charge < -0.3 is 9.47 Å². The van der Waals surface area contributed by atoms with Gasteiger partial charge in [-0.1, -0.05) is 0 Å². The van der Waals surface area contributed by atoms with Crippen LogP contribution in [0.2, 0.25) is 0 Å². The van der Waals surface area contributed by atoms with Crippen molar-refractivity contribution in [3.8, 4) is 5.75 Å². The Hall–Kier alpha value is -1.23. The number of rotatable bonds is 3. The third-order valence-corrected chi connectivity index (χ3v) is 2.08. The molecule has 2 nitrogen and oxygen atoms in total. The Bertz CT molecular complexity index is 378. The molecule has 0 aliphatic carbocycles. The molecule has 0 bridgehead atoms. The molecule has 0 saturated carbocycles. The lowest BCUT2D eigenvalue weighted by atomic mass is 10.1. The average molecular weight is 220 g/mol. The molecule has 0 aliphatic heterocycles. The van der Waals surface area contributed by atoms with E-state index in [2.05, 4.69) is 9.47 Å². The third kappa shape index (κ3) is 1.92. The summed E-state index contributed by atoms with van der Waals surface area (Å²) in [6.07, 6.45) is 0. The normalized spacial score (nSPS) is 10.5. The SMILES string of the molecule is COCc1c(F)c(F)c(C)c(OC)c1F.